The maximum atomic E-state index is 11.3. The summed E-state index contributed by atoms with van der Waals surface area (Å²) in [4.78, 5) is 15.5. The van der Waals surface area contributed by atoms with Crippen molar-refractivity contribution in [2.45, 2.75) is 0 Å². The summed E-state index contributed by atoms with van der Waals surface area (Å²) in [7, 11) is 3.04. The lowest BCUT2D eigenvalue weighted by molar-refractivity contribution is 0.0997. The molecule has 17 heavy (non-hydrogen) atoms. The van der Waals surface area contributed by atoms with E-state index >= 15 is 0 Å². The molecular weight excluding hydrogens is 220 g/mol. The van der Waals surface area contributed by atoms with Gasteiger partial charge in [-0.05, 0) is 12.1 Å². The number of nitrogens with zero attached hydrogens (tertiary/aromatic N) is 1. The molecule has 5 heteroatoms. The van der Waals surface area contributed by atoms with Gasteiger partial charge in [-0.25, -0.2) is 0 Å². The Balaban J connectivity index is 2.78. The molecule has 2 aromatic rings. The summed E-state index contributed by atoms with van der Waals surface area (Å²) in [6.07, 6.45) is 1.63. The summed E-state index contributed by atoms with van der Waals surface area (Å²) in [6, 6.07) is 5.01. The Kier molecular flexibility index (Phi) is 2.82. The minimum absolute atomic E-state index is 0.311. The lowest BCUT2D eigenvalue weighted by Crippen LogP contribution is -2.12. The quantitative estimate of drug-likeness (QED) is 0.866. The van der Waals surface area contributed by atoms with Crippen molar-refractivity contribution in [2.75, 3.05) is 14.2 Å². The maximum absolute atomic E-state index is 11.3. The number of primary amides is 1. The smallest absolute Gasteiger partial charge is 0.252 e. The van der Waals surface area contributed by atoms with Crippen LogP contribution in [0.2, 0.25) is 0 Å². The number of amides is 1. The van der Waals surface area contributed by atoms with Crippen molar-refractivity contribution in [3.63, 3.8) is 0 Å². The molecule has 0 fully saturated rings. The van der Waals surface area contributed by atoms with Crippen LogP contribution in [0.5, 0.6) is 11.5 Å². The standard InChI is InChI=1S/C12H12N2O3/c1-16-10-3-4-14-9-6-11(17-2)8(12(13)15)5-7(9)10/h3-6H,1-2H3,(H2,13,15). The van der Waals surface area contributed by atoms with Crippen LogP contribution >= 0.6 is 0 Å². The van der Waals surface area contributed by atoms with Crippen molar-refractivity contribution in [2.24, 2.45) is 5.73 Å². The summed E-state index contributed by atoms with van der Waals surface area (Å²) in [5, 5.41) is 0.726. The highest BCUT2D eigenvalue weighted by atomic mass is 16.5. The van der Waals surface area contributed by atoms with E-state index in [0.29, 0.717) is 22.6 Å². The van der Waals surface area contributed by atoms with Crippen molar-refractivity contribution in [1.29, 1.82) is 0 Å². The molecule has 5 nitrogen and oxygen atoms in total. The average molecular weight is 232 g/mol. The zero-order valence-corrected chi connectivity index (χ0v) is 9.56. The molecular formula is C12H12N2O3. The number of hydrogen-bond donors (Lipinski definition) is 1. The van der Waals surface area contributed by atoms with Crippen molar-refractivity contribution in [3.8, 4) is 11.5 Å². The highest BCUT2D eigenvalue weighted by Gasteiger charge is 2.13. The van der Waals surface area contributed by atoms with Crippen LogP contribution in [0.25, 0.3) is 10.9 Å². The Morgan fingerprint density at radius 3 is 2.53 bits per heavy atom. The number of aromatic nitrogens is 1. The Hall–Kier alpha value is -2.30. The normalized spacial score (nSPS) is 10.2. The van der Waals surface area contributed by atoms with Gasteiger partial charge in [0, 0.05) is 17.6 Å². The zero-order chi connectivity index (χ0) is 12.4. The molecule has 0 bridgehead atoms. The van der Waals surface area contributed by atoms with E-state index < -0.39 is 5.91 Å². The van der Waals surface area contributed by atoms with Gasteiger partial charge in [0.05, 0.1) is 25.3 Å². The van der Waals surface area contributed by atoms with Gasteiger partial charge in [-0.15, -0.1) is 0 Å². The summed E-state index contributed by atoms with van der Waals surface area (Å²) in [5.41, 5.74) is 6.29. The van der Waals surface area contributed by atoms with Gasteiger partial charge in [-0.1, -0.05) is 0 Å². The SMILES string of the molecule is COc1cc2nccc(OC)c2cc1C(N)=O. The van der Waals surface area contributed by atoms with Gasteiger partial charge in [0.1, 0.15) is 11.5 Å². The molecule has 0 spiro atoms. The largest absolute Gasteiger partial charge is 0.496 e. The average Bonchev–Trinajstić information content (AvgIpc) is 2.36. The van der Waals surface area contributed by atoms with Gasteiger partial charge >= 0.3 is 0 Å². The lowest BCUT2D eigenvalue weighted by atomic mass is 10.1. The number of rotatable bonds is 3. The second kappa shape index (κ2) is 4.29. The number of benzene rings is 1. The van der Waals surface area contributed by atoms with Crippen LogP contribution in [0.1, 0.15) is 10.4 Å². The van der Waals surface area contributed by atoms with E-state index in [2.05, 4.69) is 4.98 Å². The molecule has 88 valence electrons. The molecule has 1 heterocycles. The third kappa shape index (κ3) is 1.87. The number of nitrogens with two attached hydrogens (primary N) is 1. The van der Waals surface area contributed by atoms with Crippen molar-refractivity contribution in [1.82, 2.24) is 4.98 Å². The highest BCUT2D eigenvalue weighted by molar-refractivity contribution is 6.01. The van der Waals surface area contributed by atoms with Gasteiger partial charge in [0.25, 0.3) is 5.91 Å². The fourth-order valence-electron chi connectivity index (χ4n) is 1.69. The monoisotopic (exact) mass is 232 g/mol. The number of methoxy groups -OCH3 is 2. The Morgan fingerprint density at radius 2 is 1.94 bits per heavy atom. The van der Waals surface area contributed by atoms with Gasteiger partial charge in [0.15, 0.2) is 0 Å². The fourth-order valence-corrected chi connectivity index (χ4v) is 1.69. The Bertz CT molecular complexity index is 581. The van der Waals surface area contributed by atoms with E-state index in [-0.39, 0.29) is 0 Å². The first-order chi connectivity index (χ1) is 8.17. The van der Waals surface area contributed by atoms with Crippen molar-refractivity contribution < 1.29 is 14.3 Å². The molecule has 2 N–H and O–H groups in total. The first kappa shape index (κ1) is 11.2. The summed E-state index contributed by atoms with van der Waals surface area (Å²) in [6.45, 7) is 0. The number of fused-ring (bicyclic) bond motifs is 1. The first-order valence-electron chi connectivity index (χ1n) is 4.98. The predicted octanol–water partition coefficient (Wildman–Crippen LogP) is 1.35. The Morgan fingerprint density at radius 1 is 1.24 bits per heavy atom. The topological polar surface area (TPSA) is 74.4 Å². The number of carbonyl (C=O) groups is 1. The van der Waals surface area contributed by atoms with Crippen LogP contribution in [0, 0.1) is 0 Å². The van der Waals surface area contributed by atoms with E-state index in [9.17, 15) is 4.79 Å². The van der Waals surface area contributed by atoms with Crippen LogP contribution in [0.4, 0.5) is 0 Å². The van der Waals surface area contributed by atoms with Crippen molar-refractivity contribution in [3.05, 3.63) is 30.0 Å². The second-order valence-electron chi connectivity index (χ2n) is 3.45. The van der Waals surface area contributed by atoms with E-state index in [0.717, 1.165) is 5.39 Å². The molecule has 0 unspecified atom stereocenters. The molecule has 0 saturated carbocycles. The number of pyridine rings is 1. The minimum atomic E-state index is -0.547. The molecule has 1 aromatic heterocycles. The maximum Gasteiger partial charge on any atom is 0.252 e. The van der Waals surface area contributed by atoms with Crippen LogP contribution in [-0.4, -0.2) is 25.1 Å². The molecule has 1 amide bonds. The molecule has 2 rings (SSSR count). The van der Waals surface area contributed by atoms with Crippen LogP contribution in [0.3, 0.4) is 0 Å². The molecule has 0 radical (unpaired) electrons. The van der Waals surface area contributed by atoms with Crippen LogP contribution < -0.4 is 15.2 Å². The first-order valence-corrected chi connectivity index (χ1v) is 4.98. The minimum Gasteiger partial charge on any atom is -0.496 e. The molecule has 0 saturated heterocycles. The van der Waals surface area contributed by atoms with E-state index in [1.807, 2.05) is 0 Å². The molecule has 0 atom stereocenters. The van der Waals surface area contributed by atoms with Gasteiger partial charge in [-0.3, -0.25) is 9.78 Å². The molecule has 0 aliphatic rings. The number of hydrogen-bond acceptors (Lipinski definition) is 4. The summed E-state index contributed by atoms with van der Waals surface area (Å²) >= 11 is 0. The second-order valence-corrected chi connectivity index (χ2v) is 3.45. The van der Waals surface area contributed by atoms with Gasteiger partial charge < -0.3 is 15.2 Å². The molecule has 0 aliphatic heterocycles. The fraction of sp³-hybridized carbons (Fsp3) is 0.167. The molecule has 1 aromatic carbocycles. The van der Waals surface area contributed by atoms with Gasteiger partial charge in [0.2, 0.25) is 0 Å². The third-order valence-electron chi connectivity index (χ3n) is 2.51. The predicted molar refractivity (Wildman–Crippen MR) is 63.4 cm³/mol. The lowest BCUT2D eigenvalue weighted by Gasteiger charge is -2.09. The van der Waals surface area contributed by atoms with E-state index in [4.69, 9.17) is 15.2 Å². The molecule has 0 aliphatic carbocycles. The number of carbonyl (C=O) groups excluding carboxylic acids is 1. The Labute approximate surface area is 98.2 Å². The van der Waals surface area contributed by atoms with Crippen LogP contribution in [-0.2, 0) is 0 Å². The zero-order valence-electron chi connectivity index (χ0n) is 9.56. The number of ether oxygens (including phenoxy) is 2. The highest BCUT2D eigenvalue weighted by Crippen LogP contribution is 2.30. The van der Waals surface area contributed by atoms with Crippen LogP contribution in [0.15, 0.2) is 24.4 Å². The summed E-state index contributed by atoms with van der Waals surface area (Å²) in [5.74, 6) is 0.501. The van der Waals surface area contributed by atoms with Gasteiger partial charge in [-0.2, -0.15) is 0 Å². The summed E-state index contributed by atoms with van der Waals surface area (Å²) < 4.78 is 10.3. The van der Waals surface area contributed by atoms with Crippen molar-refractivity contribution >= 4 is 16.8 Å². The van der Waals surface area contributed by atoms with E-state index in [1.165, 1.54) is 7.11 Å². The van der Waals surface area contributed by atoms with E-state index in [1.54, 1.807) is 31.5 Å². The third-order valence-corrected chi connectivity index (χ3v) is 2.51.